The molecule has 4 rings (SSSR count). The largest absolute Gasteiger partial charge is 0.504 e. The summed E-state index contributed by atoms with van der Waals surface area (Å²) in [4.78, 5) is 0. The van der Waals surface area contributed by atoms with Gasteiger partial charge in [0.15, 0.2) is 0 Å². The van der Waals surface area contributed by atoms with E-state index in [4.69, 9.17) is 0 Å². The molecule has 136 valence electrons. The van der Waals surface area contributed by atoms with Crippen molar-refractivity contribution in [3.05, 3.63) is 72.1 Å². The van der Waals surface area contributed by atoms with E-state index in [0.717, 1.165) is 28.5 Å². The molecule has 0 atom stereocenters. The Hall–Kier alpha value is -3.49. The number of hydrogen-bond acceptors (Lipinski definition) is 4. The summed E-state index contributed by atoms with van der Waals surface area (Å²) in [6.45, 7) is 0. The lowest BCUT2D eigenvalue weighted by Crippen LogP contribution is -2.16. The molecule has 2 aromatic carbocycles. The molecule has 0 saturated heterocycles. The van der Waals surface area contributed by atoms with Gasteiger partial charge >= 0.3 is 6.30 Å². The number of tetrazole rings is 1. The zero-order chi connectivity index (χ0) is 18.9. The van der Waals surface area contributed by atoms with Crippen LogP contribution >= 0.6 is 0 Å². The van der Waals surface area contributed by atoms with E-state index < -0.39 is 6.30 Å². The smallest absolute Gasteiger partial charge is 0.179 e. The summed E-state index contributed by atoms with van der Waals surface area (Å²) < 4.78 is 38.1. The van der Waals surface area contributed by atoms with Gasteiger partial charge in [-0.15, -0.1) is 23.4 Å². The number of nitrogens with one attached hydrogen (secondary N) is 1. The topological polar surface area (TPSA) is 72.3 Å². The third-order valence-corrected chi connectivity index (χ3v) is 4.06. The van der Waals surface area contributed by atoms with Crippen LogP contribution < -0.4 is 0 Å². The molecule has 9 heteroatoms. The van der Waals surface area contributed by atoms with E-state index in [2.05, 4.69) is 25.7 Å². The molecule has 0 aliphatic heterocycles. The summed E-state index contributed by atoms with van der Waals surface area (Å²) in [6.07, 6.45) is -2.02. The molecule has 0 fully saturated rings. The number of H-pyrrole nitrogens is 1. The lowest BCUT2D eigenvalue weighted by molar-refractivity contribution is -0.212. The molecule has 0 bridgehead atoms. The van der Waals surface area contributed by atoms with Crippen LogP contribution in [0.2, 0.25) is 0 Å². The van der Waals surface area contributed by atoms with Gasteiger partial charge in [-0.1, -0.05) is 42.5 Å². The Kier molecular flexibility index (Phi) is 4.19. The molecule has 27 heavy (non-hydrogen) atoms. The first-order valence-electron chi connectivity index (χ1n) is 8.03. The van der Waals surface area contributed by atoms with E-state index in [1.807, 2.05) is 48.5 Å². The third kappa shape index (κ3) is 3.57. The van der Waals surface area contributed by atoms with Gasteiger partial charge in [0.05, 0.1) is 6.20 Å². The molecule has 0 unspecified atom stereocenters. The van der Waals surface area contributed by atoms with Crippen LogP contribution in [0.15, 0.2) is 60.9 Å². The van der Waals surface area contributed by atoms with Crippen molar-refractivity contribution < 1.29 is 13.2 Å². The zero-order valence-corrected chi connectivity index (χ0v) is 13.9. The molecule has 2 heterocycles. The minimum atomic E-state index is -4.52. The molecule has 0 aliphatic carbocycles. The van der Waals surface area contributed by atoms with E-state index in [0.29, 0.717) is 17.8 Å². The maximum atomic E-state index is 12.7. The first-order valence-corrected chi connectivity index (χ1v) is 8.03. The highest BCUT2D eigenvalue weighted by molar-refractivity contribution is 5.80. The Morgan fingerprint density at radius 1 is 0.963 bits per heavy atom. The number of aromatic nitrogens is 6. The van der Waals surface area contributed by atoms with E-state index in [1.54, 1.807) is 0 Å². The summed E-state index contributed by atoms with van der Waals surface area (Å²) in [5, 5.41) is 17.5. The maximum absolute atomic E-state index is 12.7. The molecule has 6 nitrogen and oxygen atoms in total. The molecule has 1 N–H and O–H groups in total. The predicted molar refractivity (Wildman–Crippen MR) is 91.4 cm³/mol. The van der Waals surface area contributed by atoms with Crippen molar-refractivity contribution in [1.29, 1.82) is 0 Å². The van der Waals surface area contributed by atoms with Crippen LogP contribution in [0.3, 0.4) is 0 Å². The highest BCUT2D eigenvalue weighted by atomic mass is 19.4. The second kappa shape index (κ2) is 6.67. The SMILES string of the molecule is FC(F)(F)n1cc(Cc2ccc(-c3ccccc3)c(-c3nn[nH]n3)c2)cn1. The van der Waals surface area contributed by atoms with Crippen LogP contribution in [0.4, 0.5) is 13.2 Å². The second-order valence-corrected chi connectivity index (χ2v) is 5.92. The van der Waals surface area contributed by atoms with Crippen molar-refractivity contribution >= 4 is 0 Å². The van der Waals surface area contributed by atoms with Gasteiger partial charge < -0.3 is 0 Å². The maximum Gasteiger partial charge on any atom is 0.504 e. The molecule has 2 aromatic heterocycles. The van der Waals surface area contributed by atoms with Crippen LogP contribution in [0.5, 0.6) is 0 Å². The number of aromatic amines is 1. The molecule has 0 radical (unpaired) electrons. The third-order valence-electron chi connectivity index (χ3n) is 4.06. The average Bonchev–Trinajstić information content (AvgIpc) is 3.34. The molecular formula is C18H13F3N6. The molecular weight excluding hydrogens is 357 g/mol. The lowest BCUT2D eigenvalue weighted by Gasteiger charge is -2.09. The summed E-state index contributed by atoms with van der Waals surface area (Å²) in [7, 11) is 0. The van der Waals surface area contributed by atoms with Crippen LogP contribution in [0.25, 0.3) is 22.5 Å². The number of alkyl halides is 3. The highest BCUT2D eigenvalue weighted by Crippen LogP contribution is 2.31. The van der Waals surface area contributed by atoms with Crippen molar-refractivity contribution in [1.82, 2.24) is 30.4 Å². The highest BCUT2D eigenvalue weighted by Gasteiger charge is 2.31. The number of benzene rings is 2. The van der Waals surface area contributed by atoms with Gasteiger partial charge in [0.25, 0.3) is 0 Å². The number of nitrogens with zero attached hydrogens (tertiary/aromatic N) is 5. The fraction of sp³-hybridized carbons (Fsp3) is 0.111. The Labute approximate surface area is 151 Å². The number of hydrogen-bond donors (Lipinski definition) is 1. The standard InChI is InChI=1S/C18H13F3N6/c19-18(20,21)27-11-13(10-22-27)8-12-6-7-15(14-4-2-1-3-5-14)16(9-12)17-23-25-26-24-17/h1-7,9-11H,8H2,(H,23,24,25,26). The first-order chi connectivity index (χ1) is 13.0. The summed E-state index contributed by atoms with van der Waals surface area (Å²) in [5.41, 5.74) is 3.91. The van der Waals surface area contributed by atoms with E-state index in [9.17, 15) is 13.2 Å². The normalized spacial score (nSPS) is 11.7. The molecule has 0 amide bonds. The minimum absolute atomic E-state index is 0.000764. The summed E-state index contributed by atoms with van der Waals surface area (Å²) in [6, 6.07) is 15.3. The summed E-state index contributed by atoms with van der Waals surface area (Å²) in [5.74, 6) is 0.418. The van der Waals surface area contributed by atoms with E-state index in [1.165, 1.54) is 6.20 Å². The molecule has 0 aliphatic rings. The zero-order valence-electron chi connectivity index (χ0n) is 13.9. The van der Waals surface area contributed by atoms with Crippen molar-refractivity contribution in [3.63, 3.8) is 0 Å². The average molecular weight is 370 g/mol. The Bertz CT molecular complexity index is 1040. The Balaban J connectivity index is 1.71. The van der Waals surface area contributed by atoms with Crippen molar-refractivity contribution in [2.24, 2.45) is 0 Å². The fourth-order valence-electron chi connectivity index (χ4n) is 2.86. The Morgan fingerprint density at radius 3 is 2.44 bits per heavy atom. The van der Waals surface area contributed by atoms with Gasteiger partial charge in [0, 0.05) is 18.2 Å². The number of rotatable bonds is 4. The van der Waals surface area contributed by atoms with Gasteiger partial charge in [-0.25, -0.2) is 0 Å². The van der Waals surface area contributed by atoms with E-state index in [-0.39, 0.29) is 4.68 Å². The van der Waals surface area contributed by atoms with Gasteiger partial charge in [0.1, 0.15) is 0 Å². The predicted octanol–water partition coefficient (Wildman–Crippen LogP) is 3.80. The van der Waals surface area contributed by atoms with Crippen LogP contribution in [0.1, 0.15) is 11.1 Å². The monoisotopic (exact) mass is 370 g/mol. The molecule has 4 aromatic rings. The van der Waals surface area contributed by atoms with Gasteiger partial charge in [0.2, 0.25) is 5.82 Å². The van der Waals surface area contributed by atoms with Gasteiger partial charge in [-0.3, -0.25) is 0 Å². The quantitative estimate of drug-likeness (QED) is 0.593. The van der Waals surface area contributed by atoms with E-state index >= 15 is 0 Å². The molecule has 0 saturated carbocycles. The van der Waals surface area contributed by atoms with Crippen molar-refractivity contribution in [2.75, 3.05) is 0 Å². The first kappa shape index (κ1) is 17.0. The lowest BCUT2D eigenvalue weighted by atomic mass is 9.95. The minimum Gasteiger partial charge on any atom is -0.179 e. The van der Waals surface area contributed by atoms with Gasteiger partial charge in [-0.05, 0) is 33.5 Å². The van der Waals surface area contributed by atoms with Crippen molar-refractivity contribution in [3.8, 4) is 22.5 Å². The van der Waals surface area contributed by atoms with Crippen LogP contribution in [-0.2, 0) is 12.7 Å². The van der Waals surface area contributed by atoms with Crippen molar-refractivity contribution in [2.45, 2.75) is 12.7 Å². The second-order valence-electron chi connectivity index (χ2n) is 5.92. The van der Waals surface area contributed by atoms with Gasteiger partial charge in [-0.2, -0.15) is 15.0 Å². The van der Waals surface area contributed by atoms with Crippen LogP contribution in [0, 0.1) is 0 Å². The summed E-state index contributed by atoms with van der Waals surface area (Å²) >= 11 is 0. The Morgan fingerprint density at radius 2 is 1.78 bits per heavy atom. The van der Waals surface area contributed by atoms with Crippen LogP contribution in [-0.4, -0.2) is 30.4 Å². The molecule has 0 spiro atoms. The fourth-order valence-corrected chi connectivity index (χ4v) is 2.86. The number of halogens is 3.